The minimum Gasteiger partial charge on any atom is -0.481 e. The van der Waals surface area contributed by atoms with Gasteiger partial charge in [0.25, 0.3) is 0 Å². The summed E-state index contributed by atoms with van der Waals surface area (Å²) in [6.45, 7) is 0.129. The molecule has 2 fully saturated rings. The number of methoxy groups -OCH3 is 1. The molecule has 0 spiro atoms. The van der Waals surface area contributed by atoms with Gasteiger partial charge in [0, 0.05) is 35.9 Å². The molecule has 1 aromatic carbocycles. The smallest absolute Gasteiger partial charge is 0.338 e. The second kappa shape index (κ2) is 11.7. The van der Waals surface area contributed by atoms with Gasteiger partial charge in [-0.2, -0.15) is 0 Å². The summed E-state index contributed by atoms with van der Waals surface area (Å²) in [4.78, 5) is 33.4. The summed E-state index contributed by atoms with van der Waals surface area (Å²) in [5.41, 5.74) is 0.569. The van der Waals surface area contributed by atoms with Crippen LogP contribution in [-0.4, -0.2) is 66.0 Å². The molecule has 1 saturated carbocycles. The average molecular weight is 629 g/mol. The second-order valence-corrected chi connectivity index (χ2v) is 13.6. The van der Waals surface area contributed by atoms with E-state index in [2.05, 4.69) is 15.3 Å². The van der Waals surface area contributed by atoms with Crippen molar-refractivity contribution >= 4 is 50.7 Å². The van der Waals surface area contributed by atoms with Gasteiger partial charge in [-0.05, 0) is 44.1 Å². The number of benzene rings is 1. The maximum absolute atomic E-state index is 14.5. The maximum Gasteiger partial charge on any atom is 0.338 e. The number of sulfonamides is 1. The lowest BCUT2D eigenvalue weighted by atomic mass is 9.82. The van der Waals surface area contributed by atoms with E-state index in [-0.39, 0.29) is 49.4 Å². The number of rotatable bonds is 7. The van der Waals surface area contributed by atoms with Crippen LogP contribution in [0.2, 0.25) is 5.02 Å². The highest BCUT2D eigenvalue weighted by atomic mass is 35.5. The Hall–Kier alpha value is -2.94. The molecule has 10 nitrogen and oxygen atoms in total. The first-order valence-corrected chi connectivity index (χ1v) is 15.7. The fraction of sp³-hybridized carbons (Fsp3) is 0.462. The third-order valence-electron chi connectivity index (χ3n) is 7.84. The minimum absolute atomic E-state index is 0.0406. The van der Waals surface area contributed by atoms with Gasteiger partial charge in [-0.25, -0.2) is 31.3 Å². The van der Waals surface area contributed by atoms with E-state index in [9.17, 15) is 31.9 Å². The fourth-order valence-corrected chi connectivity index (χ4v) is 8.55. The van der Waals surface area contributed by atoms with Crippen molar-refractivity contribution in [3.63, 3.8) is 0 Å². The number of carbonyl (C=O) groups excluding carboxylic acids is 1. The first-order valence-electron chi connectivity index (χ1n) is 12.9. The minimum atomic E-state index is -3.72. The van der Waals surface area contributed by atoms with E-state index >= 15 is 0 Å². The molecule has 1 unspecified atom stereocenters. The Labute approximate surface area is 244 Å². The van der Waals surface area contributed by atoms with Crippen molar-refractivity contribution in [2.75, 3.05) is 20.2 Å². The van der Waals surface area contributed by atoms with Crippen LogP contribution in [-0.2, 0) is 24.3 Å². The highest BCUT2D eigenvalue weighted by Gasteiger charge is 2.43. The molecule has 2 N–H and O–H groups in total. The largest absolute Gasteiger partial charge is 0.481 e. The van der Waals surface area contributed by atoms with Gasteiger partial charge >= 0.3 is 11.9 Å². The third kappa shape index (κ3) is 5.62. The van der Waals surface area contributed by atoms with Crippen molar-refractivity contribution < 1.29 is 36.6 Å². The summed E-state index contributed by atoms with van der Waals surface area (Å²) in [5, 5.41) is 13.5. The number of aliphatic carboxylic acids is 1. The molecule has 1 saturated heterocycles. The van der Waals surface area contributed by atoms with Crippen LogP contribution in [0.15, 0.2) is 40.0 Å². The summed E-state index contributed by atoms with van der Waals surface area (Å²) in [6.07, 6.45) is 3.17. The third-order valence-corrected chi connectivity index (χ3v) is 11.4. The van der Waals surface area contributed by atoms with Crippen molar-refractivity contribution in [1.82, 2.24) is 14.6 Å². The van der Waals surface area contributed by atoms with Crippen LogP contribution in [0, 0.1) is 23.5 Å². The number of esters is 1. The zero-order chi connectivity index (χ0) is 29.5. The molecule has 3 heterocycles. The predicted molar refractivity (Wildman–Crippen MR) is 147 cm³/mol. The summed E-state index contributed by atoms with van der Waals surface area (Å²) in [6, 6.07) is 1.04. The van der Waals surface area contributed by atoms with Crippen molar-refractivity contribution in [3.05, 3.63) is 62.2 Å². The number of hydrogen-bond donors (Lipinski definition) is 2. The Morgan fingerprint density at radius 2 is 1.93 bits per heavy atom. The number of carboxylic acids is 1. The summed E-state index contributed by atoms with van der Waals surface area (Å²) in [5.74, 6) is -4.90. The van der Waals surface area contributed by atoms with Crippen molar-refractivity contribution in [1.29, 1.82) is 0 Å². The lowest BCUT2D eigenvalue weighted by Crippen LogP contribution is -2.42. The molecule has 0 amide bonds. The molecule has 220 valence electrons. The summed E-state index contributed by atoms with van der Waals surface area (Å²) in [7, 11) is -2.52. The van der Waals surface area contributed by atoms with Crippen LogP contribution in [0.1, 0.15) is 48.7 Å². The van der Waals surface area contributed by atoms with Crippen molar-refractivity contribution in [2.45, 2.75) is 43.4 Å². The van der Waals surface area contributed by atoms with Gasteiger partial charge in [-0.3, -0.25) is 9.79 Å². The lowest BCUT2D eigenvalue weighted by molar-refractivity contribution is -0.141. The normalized spacial score (nSPS) is 25.5. The van der Waals surface area contributed by atoms with Gasteiger partial charge in [-0.15, -0.1) is 11.3 Å². The highest BCUT2D eigenvalue weighted by molar-refractivity contribution is 7.89. The Bertz CT molecular complexity index is 1520. The molecular formula is C26H27ClF2N4O6S2. The van der Waals surface area contributed by atoms with E-state index in [4.69, 9.17) is 16.3 Å². The molecule has 5 rings (SSSR count). The lowest BCUT2D eigenvalue weighted by Gasteiger charge is -2.35. The van der Waals surface area contributed by atoms with Crippen LogP contribution in [0.4, 0.5) is 8.78 Å². The van der Waals surface area contributed by atoms with Crippen LogP contribution < -0.4 is 5.32 Å². The van der Waals surface area contributed by atoms with Gasteiger partial charge in [0.15, 0.2) is 22.5 Å². The fourth-order valence-electron chi connectivity index (χ4n) is 5.67. The number of hydrogen-bond acceptors (Lipinski definition) is 9. The number of halogens is 3. The van der Waals surface area contributed by atoms with E-state index in [1.165, 1.54) is 28.8 Å². The molecule has 1 aromatic heterocycles. The number of nitrogens with zero attached hydrogens (tertiary/aromatic N) is 3. The molecule has 1 aliphatic carbocycles. The van der Waals surface area contributed by atoms with Gasteiger partial charge in [0.2, 0.25) is 10.0 Å². The molecule has 3 aliphatic rings. The molecule has 0 bridgehead atoms. The Kier molecular flexibility index (Phi) is 8.46. The SMILES string of the molecule is COC(=O)C1=C(C2CCC(S(=O)(=O)N3CCC(C(=O)O)C3)CC2)NC(c2nccs2)=N[C@H]1c1ccc(F)c(F)c1Cl. The monoisotopic (exact) mass is 628 g/mol. The first-order chi connectivity index (χ1) is 19.5. The molecule has 2 aromatic rings. The molecule has 2 aliphatic heterocycles. The van der Waals surface area contributed by atoms with E-state index in [0.717, 1.165) is 6.07 Å². The van der Waals surface area contributed by atoms with E-state index in [1.54, 1.807) is 11.6 Å². The summed E-state index contributed by atoms with van der Waals surface area (Å²) >= 11 is 7.50. The zero-order valence-corrected chi connectivity index (χ0v) is 24.2. The van der Waals surface area contributed by atoms with Gasteiger partial charge < -0.3 is 15.2 Å². The van der Waals surface area contributed by atoms with E-state index in [1.807, 2.05) is 0 Å². The number of carbonyl (C=O) groups is 2. The number of allylic oxidation sites excluding steroid dienone is 1. The standard InChI is InChI=1S/C26H27ClF2N4O6S2/c1-39-26(36)18-21(13-2-4-15(5-3-13)41(37,38)33-10-8-14(12-33)25(34)35)31-23(24-30-9-11-40-24)32-22(18)16-6-7-17(28)20(29)19(16)27/h6-7,9,11,13-15,22H,2-5,8,10,12H2,1H3,(H,31,32)(H,34,35)/t13?,14?,15?,22-/m0/s1. The van der Waals surface area contributed by atoms with Gasteiger partial charge in [0.05, 0.1) is 28.9 Å². The van der Waals surface area contributed by atoms with Crippen LogP contribution >= 0.6 is 22.9 Å². The summed E-state index contributed by atoms with van der Waals surface area (Å²) < 4.78 is 61.4. The quantitative estimate of drug-likeness (QED) is 0.348. The molecular weight excluding hydrogens is 602 g/mol. The predicted octanol–water partition coefficient (Wildman–Crippen LogP) is 3.89. The molecule has 2 atom stereocenters. The number of carboxylic acid groups (broad SMARTS) is 1. The number of aliphatic imine (C=N–C) groups is 1. The van der Waals surface area contributed by atoms with Crippen LogP contribution in [0.3, 0.4) is 0 Å². The second-order valence-electron chi connectivity index (χ2n) is 10.1. The van der Waals surface area contributed by atoms with Crippen LogP contribution in [0.25, 0.3) is 0 Å². The van der Waals surface area contributed by atoms with Crippen LogP contribution in [0.5, 0.6) is 0 Å². The number of nitrogens with one attached hydrogen (secondary N) is 1. The number of amidine groups is 1. The number of thiazole rings is 1. The molecule has 0 radical (unpaired) electrons. The average Bonchev–Trinajstić information content (AvgIpc) is 3.69. The van der Waals surface area contributed by atoms with E-state index in [0.29, 0.717) is 29.4 Å². The maximum atomic E-state index is 14.5. The zero-order valence-electron chi connectivity index (χ0n) is 21.8. The van der Waals surface area contributed by atoms with Gasteiger partial charge in [-0.1, -0.05) is 17.7 Å². The number of aromatic nitrogens is 1. The molecule has 15 heteroatoms. The van der Waals surface area contributed by atoms with E-state index < -0.39 is 55.8 Å². The Balaban J connectivity index is 1.48. The Morgan fingerprint density at radius 1 is 1.20 bits per heavy atom. The Morgan fingerprint density at radius 3 is 2.54 bits per heavy atom. The van der Waals surface area contributed by atoms with Crippen molar-refractivity contribution in [3.8, 4) is 0 Å². The first kappa shape index (κ1) is 29.5. The number of ether oxygens (including phenoxy) is 1. The van der Waals surface area contributed by atoms with Gasteiger partial charge in [0.1, 0.15) is 6.04 Å². The highest BCUT2D eigenvalue weighted by Crippen LogP contribution is 2.43. The topological polar surface area (TPSA) is 138 Å². The van der Waals surface area contributed by atoms with Crippen molar-refractivity contribution in [2.24, 2.45) is 16.8 Å². The molecule has 41 heavy (non-hydrogen) atoms.